The second-order valence-electron chi connectivity index (χ2n) is 8.88. The predicted molar refractivity (Wildman–Crippen MR) is 131 cm³/mol. The van der Waals surface area contributed by atoms with Gasteiger partial charge in [-0.05, 0) is 47.0 Å². The summed E-state index contributed by atoms with van der Waals surface area (Å²) in [5, 5.41) is 4.24. The molecule has 2 aromatic carbocycles. The van der Waals surface area contributed by atoms with Crippen LogP contribution in [0.4, 0.5) is 0 Å². The van der Waals surface area contributed by atoms with E-state index in [1.807, 2.05) is 42.6 Å². The quantitative estimate of drug-likeness (QED) is 0.402. The summed E-state index contributed by atoms with van der Waals surface area (Å²) in [6, 6.07) is 20.0. The lowest BCUT2D eigenvalue weighted by molar-refractivity contribution is 0.0949. The number of H-pyrrole nitrogens is 1. The first-order valence-corrected chi connectivity index (χ1v) is 11.6. The smallest absolute Gasteiger partial charge is 0.253 e. The van der Waals surface area contributed by atoms with Crippen molar-refractivity contribution in [3.63, 3.8) is 0 Å². The third kappa shape index (κ3) is 3.19. The van der Waals surface area contributed by atoms with E-state index in [-0.39, 0.29) is 18.7 Å². The lowest BCUT2D eigenvalue weighted by Gasteiger charge is -2.28. The van der Waals surface area contributed by atoms with Crippen LogP contribution in [0.15, 0.2) is 79.3 Å². The molecule has 0 radical (unpaired) electrons. The average Bonchev–Trinajstić information content (AvgIpc) is 3.63. The van der Waals surface area contributed by atoms with Crippen molar-refractivity contribution in [1.82, 2.24) is 19.9 Å². The Hall–Kier alpha value is -4.52. The fourth-order valence-corrected chi connectivity index (χ4v) is 5.26. The standard InChI is InChI=1S/C28H22N4O3/c33-28(30-15-17-4-3-10-29-14-17)20-9-11-32-23(20)13-21-19-5-1-2-6-22(19)31-26(21)27(32)18-7-8-24-25(12-18)35-16-34-24/h1-12,14,27,31H,13,15-16H2,(H,30,33). The SMILES string of the molecule is O=C(NCc1cccnc1)c1ccn2c1Cc1c([nH]c3ccccc13)C2c1ccc2c(c1)OCO2. The van der Waals surface area contributed by atoms with Crippen LogP contribution in [-0.4, -0.2) is 27.2 Å². The summed E-state index contributed by atoms with van der Waals surface area (Å²) in [6.07, 6.45) is 6.18. The van der Waals surface area contributed by atoms with Gasteiger partial charge in [0.1, 0.15) is 0 Å². The van der Waals surface area contributed by atoms with E-state index in [4.69, 9.17) is 9.47 Å². The Labute approximate surface area is 201 Å². The van der Waals surface area contributed by atoms with E-state index in [1.165, 1.54) is 10.9 Å². The van der Waals surface area contributed by atoms with Crippen molar-refractivity contribution < 1.29 is 14.3 Å². The van der Waals surface area contributed by atoms with Gasteiger partial charge in [0.05, 0.1) is 11.6 Å². The minimum Gasteiger partial charge on any atom is -0.454 e. The summed E-state index contributed by atoms with van der Waals surface area (Å²) in [7, 11) is 0. The number of rotatable bonds is 4. The Kier molecular flexibility index (Phi) is 4.42. The third-order valence-corrected chi connectivity index (χ3v) is 6.90. The molecule has 0 saturated carbocycles. The molecule has 2 aliphatic heterocycles. The topological polar surface area (TPSA) is 81.2 Å². The van der Waals surface area contributed by atoms with Crippen LogP contribution >= 0.6 is 0 Å². The number of carbonyl (C=O) groups excluding carboxylic acids is 1. The molecule has 5 heterocycles. The van der Waals surface area contributed by atoms with E-state index in [0.29, 0.717) is 18.5 Å². The van der Waals surface area contributed by atoms with Crippen LogP contribution < -0.4 is 14.8 Å². The van der Waals surface area contributed by atoms with Gasteiger partial charge in [-0.3, -0.25) is 9.78 Å². The zero-order valence-electron chi connectivity index (χ0n) is 18.8. The molecular weight excluding hydrogens is 440 g/mol. The van der Waals surface area contributed by atoms with Gasteiger partial charge in [0.25, 0.3) is 5.91 Å². The van der Waals surface area contributed by atoms with Crippen LogP contribution in [0.3, 0.4) is 0 Å². The highest BCUT2D eigenvalue weighted by Gasteiger charge is 2.33. The summed E-state index contributed by atoms with van der Waals surface area (Å²) in [5.41, 5.74) is 7.17. The lowest BCUT2D eigenvalue weighted by atomic mass is 9.92. The summed E-state index contributed by atoms with van der Waals surface area (Å²) in [5.74, 6) is 1.41. The van der Waals surface area contributed by atoms with Crippen LogP contribution in [0.1, 0.15) is 44.5 Å². The molecule has 2 N–H and O–H groups in total. The van der Waals surface area contributed by atoms with Crippen molar-refractivity contribution in [3.05, 3.63) is 113 Å². The highest BCUT2D eigenvalue weighted by atomic mass is 16.7. The number of benzene rings is 2. The van der Waals surface area contributed by atoms with Crippen molar-refractivity contribution in [2.24, 2.45) is 0 Å². The van der Waals surface area contributed by atoms with Gasteiger partial charge in [0.15, 0.2) is 11.5 Å². The maximum absolute atomic E-state index is 13.3. The van der Waals surface area contributed by atoms with Crippen molar-refractivity contribution in [2.45, 2.75) is 19.0 Å². The zero-order valence-corrected chi connectivity index (χ0v) is 18.8. The van der Waals surface area contributed by atoms with Gasteiger partial charge in [-0.2, -0.15) is 0 Å². The highest BCUT2D eigenvalue weighted by molar-refractivity contribution is 5.96. The van der Waals surface area contributed by atoms with Crippen molar-refractivity contribution in [1.29, 1.82) is 0 Å². The lowest BCUT2D eigenvalue weighted by Crippen LogP contribution is -2.26. The Morgan fingerprint density at radius 2 is 2.00 bits per heavy atom. The van der Waals surface area contributed by atoms with E-state index < -0.39 is 0 Å². The van der Waals surface area contributed by atoms with Gasteiger partial charge >= 0.3 is 0 Å². The molecule has 7 nitrogen and oxygen atoms in total. The summed E-state index contributed by atoms with van der Waals surface area (Å²) < 4.78 is 13.4. The second kappa shape index (κ2) is 7.77. The number of ether oxygens (including phenoxy) is 2. The number of carbonyl (C=O) groups is 1. The normalized spacial score (nSPS) is 15.6. The number of nitrogens with one attached hydrogen (secondary N) is 2. The highest BCUT2D eigenvalue weighted by Crippen LogP contribution is 2.43. The van der Waals surface area contributed by atoms with Gasteiger partial charge in [-0.25, -0.2) is 0 Å². The van der Waals surface area contributed by atoms with Gasteiger partial charge < -0.3 is 24.3 Å². The molecule has 0 bridgehead atoms. The summed E-state index contributed by atoms with van der Waals surface area (Å²) in [6.45, 7) is 0.665. The second-order valence-corrected chi connectivity index (χ2v) is 8.88. The number of aromatic amines is 1. The number of para-hydroxylation sites is 1. The first-order valence-electron chi connectivity index (χ1n) is 11.6. The molecule has 0 spiro atoms. The molecule has 0 aliphatic carbocycles. The van der Waals surface area contributed by atoms with E-state index in [1.54, 1.807) is 12.4 Å². The number of amides is 1. The third-order valence-electron chi connectivity index (χ3n) is 6.90. The molecule has 35 heavy (non-hydrogen) atoms. The van der Waals surface area contributed by atoms with Crippen LogP contribution in [0.2, 0.25) is 0 Å². The van der Waals surface area contributed by atoms with Gasteiger partial charge in [-0.15, -0.1) is 0 Å². The maximum Gasteiger partial charge on any atom is 0.253 e. The van der Waals surface area contributed by atoms with Crippen LogP contribution in [0.25, 0.3) is 10.9 Å². The molecule has 7 heteroatoms. The molecule has 0 saturated heterocycles. The minimum atomic E-state index is -0.115. The Bertz CT molecular complexity index is 1580. The molecular formula is C28H22N4O3. The zero-order chi connectivity index (χ0) is 23.4. The van der Waals surface area contributed by atoms with Crippen molar-refractivity contribution in [2.75, 3.05) is 6.79 Å². The van der Waals surface area contributed by atoms with E-state index in [9.17, 15) is 4.79 Å². The van der Waals surface area contributed by atoms with Gasteiger partial charge in [0.2, 0.25) is 6.79 Å². The Morgan fingerprint density at radius 1 is 1.09 bits per heavy atom. The van der Waals surface area contributed by atoms with Gasteiger partial charge in [-0.1, -0.05) is 30.3 Å². The molecule has 2 aliphatic rings. The average molecular weight is 463 g/mol. The molecule has 5 aromatic rings. The number of aromatic nitrogens is 3. The fraction of sp³-hybridized carbons (Fsp3) is 0.143. The van der Waals surface area contributed by atoms with E-state index in [0.717, 1.165) is 39.5 Å². The molecule has 1 amide bonds. The molecule has 0 fully saturated rings. The first kappa shape index (κ1) is 19.9. The molecule has 1 unspecified atom stereocenters. The van der Waals surface area contributed by atoms with Crippen molar-refractivity contribution in [3.8, 4) is 11.5 Å². The molecule has 7 rings (SSSR count). The number of nitrogens with zero attached hydrogens (tertiary/aromatic N) is 2. The first-order chi connectivity index (χ1) is 17.3. The predicted octanol–water partition coefficient (Wildman–Crippen LogP) is 4.57. The summed E-state index contributed by atoms with van der Waals surface area (Å²) >= 11 is 0. The number of hydrogen-bond acceptors (Lipinski definition) is 4. The van der Waals surface area contributed by atoms with Crippen LogP contribution in [0, 0.1) is 0 Å². The number of fused-ring (bicyclic) bond motifs is 5. The number of pyridine rings is 1. The molecule has 1 atom stereocenters. The fourth-order valence-electron chi connectivity index (χ4n) is 5.26. The molecule has 172 valence electrons. The maximum atomic E-state index is 13.3. The summed E-state index contributed by atoms with van der Waals surface area (Å²) in [4.78, 5) is 21.1. The monoisotopic (exact) mass is 462 g/mol. The Morgan fingerprint density at radius 3 is 2.91 bits per heavy atom. The van der Waals surface area contributed by atoms with Crippen LogP contribution in [0.5, 0.6) is 11.5 Å². The van der Waals surface area contributed by atoms with E-state index in [2.05, 4.69) is 44.1 Å². The van der Waals surface area contributed by atoms with Gasteiger partial charge in [0, 0.05) is 53.8 Å². The van der Waals surface area contributed by atoms with Crippen molar-refractivity contribution >= 4 is 16.8 Å². The molecule has 3 aromatic heterocycles. The number of hydrogen-bond donors (Lipinski definition) is 2. The Balaban J connectivity index is 1.32. The van der Waals surface area contributed by atoms with E-state index >= 15 is 0 Å². The minimum absolute atomic E-state index is 0.0877. The van der Waals surface area contributed by atoms with Crippen LogP contribution in [-0.2, 0) is 13.0 Å². The largest absolute Gasteiger partial charge is 0.454 e.